The number of hydrogen-bond acceptors (Lipinski definition) is 3. The molecule has 82 valence electrons. The van der Waals surface area contributed by atoms with Gasteiger partial charge in [0.15, 0.2) is 0 Å². The molecule has 3 nitrogen and oxygen atoms in total. The molecule has 0 aliphatic heterocycles. The molecule has 0 saturated heterocycles. The third-order valence-corrected chi connectivity index (χ3v) is 2.36. The van der Waals surface area contributed by atoms with Crippen LogP contribution in [0.5, 0.6) is 11.5 Å². The SMILES string of the molecule is Cc1cc(Oc2cncc(Cl)c2)ccc1N. The molecule has 0 amide bonds. The molecule has 2 N–H and O–H groups in total. The normalized spacial score (nSPS) is 10.1. The van der Waals surface area contributed by atoms with E-state index in [2.05, 4.69) is 4.98 Å². The van der Waals surface area contributed by atoms with Gasteiger partial charge in [-0.2, -0.15) is 0 Å². The lowest BCUT2D eigenvalue weighted by Gasteiger charge is -2.07. The summed E-state index contributed by atoms with van der Waals surface area (Å²) in [6.07, 6.45) is 3.17. The fourth-order valence-corrected chi connectivity index (χ4v) is 1.46. The number of aryl methyl sites for hydroxylation is 1. The average Bonchev–Trinajstić information content (AvgIpc) is 2.24. The van der Waals surface area contributed by atoms with Crippen LogP contribution in [0.25, 0.3) is 0 Å². The Morgan fingerprint density at radius 2 is 2.00 bits per heavy atom. The maximum atomic E-state index is 5.81. The van der Waals surface area contributed by atoms with Gasteiger partial charge in [-0.05, 0) is 30.7 Å². The van der Waals surface area contributed by atoms with Gasteiger partial charge in [0.2, 0.25) is 0 Å². The van der Waals surface area contributed by atoms with Gasteiger partial charge in [0.05, 0.1) is 11.2 Å². The minimum absolute atomic E-state index is 0.546. The van der Waals surface area contributed by atoms with Gasteiger partial charge >= 0.3 is 0 Å². The third-order valence-electron chi connectivity index (χ3n) is 2.16. The number of nitrogens with two attached hydrogens (primary N) is 1. The standard InChI is InChI=1S/C12H11ClN2O/c1-8-4-10(2-3-12(8)14)16-11-5-9(13)6-15-7-11/h2-7H,14H2,1H3. The number of pyridine rings is 1. The Morgan fingerprint density at radius 1 is 1.19 bits per heavy atom. The summed E-state index contributed by atoms with van der Waals surface area (Å²) >= 11 is 5.81. The summed E-state index contributed by atoms with van der Waals surface area (Å²) in [5, 5.41) is 0.546. The van der Waals surface area contributed by atoms with Gasteiger partial charge in [-0.1, -0.05) is 11.6 Å². The average molecular weight is 235 g/mol. The fourth-order valence-electron chi connectivity index (χ4n) is 1.30. The summed E-state index contributed by atoms with van der Waals surface area (Å²) in [6.45, 7) is 1.93. The van der Waals surface area contributed by atoms with Crippen molar-refractivity contribution in [3.05, 3.63) is 47.2 Å². The number of nitrogens with zero attached hydrogens (tertiary/aromatic N) is 1. The molecule has 2 aromatic rings. The maximum absolute atomic E-state index is 5.81. The number of halogens is 1. The van der Waals surface area contributed by atoms with E-state index in [1.165, 1.54) is 0 Å². The highest BCUT2D eigenvalue weighted by atomic mass is 35.5. The molecule has 0 atom stereocenters. The lowest BCUT2D eigenvalue weighted by Crippen LogP contribution is -1.91. The first-order valence-corrected chi connectivity index (χ1v) is 5.17. The van der Waals surface area contributed by atoms with Gasteiger partial charge in [0.1, 0.15) is 11.5 Å². The van der Waals surface area contributed by atoms with Crippen LogP contribution in [0.2, 0.25) is 5.02 Å². The Kier molecular flexibility index (Phi) is 2.97. The van der Waals surface area contributed by atoms with E-state index in [4.69, 9.17) is 22.1 Å². The molecule has 0 aliphatic rings. The fraction of sp³-hybridized carbons (Fsp3) is 0.0833. The molecule has 0 aliphatic carbocycles. The van der Waals surface area contributed by atoms with Gasteiger partial charge in [-0.3, -0.25) is 4.98 Å². The van der Waals surface area contributed by atoms with Crippen LogP contribution in [0.3, 0.4) is 0 Å². The van der Waals surface area contributed by atoms with Crippen LogP contribution in [0.15, 0.2) is 36.7 Å². The molecule has 2 rings (SSSR count). The van der Waals surface area contributed by atoms with Crippen molar-refractivity contribution in [2.24, 2.45) is 0 Å². The largest absolute Gasteiger partial charge is 0.456 e. The summed E-state index contributed by atoms with van der Waals surface area (Å²) in [5.74, 6) is 1.33. The highest BCUT2D eigenvalue weighted by Gasteiger charge is 2.00. The van der Waals surface area contributed by atoms with E-state index in [1.54, 1.807) is 18.5 Å². The third kappa shape index (κ3) is 2.44. The van der Waals surface area contributed by atoms with E-state index in [-0.39, 0.29) is 0 Å². The molecule has 4 heteroatoms. The van der Waals surface area contributed by atoms with Crippen LogP contribution in [0.1, 0.15) is 5.56 Å². The first kappa shape index (κ1) is 10.8. The molecule has 1 aromatic heterocycles. The molecule has 1 aromatic carbocycles. The Bertz CT molecular complexity index is 514. The summed E-state index contributed by atoms with van der Waals surface area (Å²) in [4.78, 5) is 3.94. The summed E-state index contributed by atoms with van der Waals surface area (Å²) < 4.78 is 5.59. The highest BCUT2D eigenvalue weighted by Crippen LogP contribution is 2.25. The Hall–Kier alpha value is -1.74. The van der Waals surface area contributed by atoms with Gasteiger partial charge in [-0.15, -0.1) is 0 Å². The van der Waals surface area contributed by atoms with E-state index >= 15 is 0 Å². The van der Waals surface area contributed by atoms with Gasteiger partial charge in [0, 0.05) is 18.0 Å². The Morgan fingerprint density at radius 3 is 2.69 bits per heavy atom. The lowest BCUT2D eigenvalue weighted by molar-refractivity contribution is 0.480. The highest BCUT2D eigenvalue weighted by molar-refractivity contribution is 6.30. The molecule has 0 bridgehead atoms. The minimum atomic E-state index is 0.546. The maximum Gasteiger partial charge on any atom is 0.147 e. The van der Waals surface area contributed by atoms with E-state index in [0.29, 0.717) is 10.8 Å². The number of aromatic nitrogens is 1. The van der Waals surface area contributed by atoms with Gasteiger partial charge in [-0.25, -0.2) is 0 Å². The Balaban J connectivity index is 2.24. The van der Waals surface area contributed by atoms with Crippen molar-refractivity contribution < 1.29 is 4.74 Å². The van der Waals surface area contributed by atoms with Crippen molar-refractivity contribution in [3.8, 4) is 11.5 Å². The van der Waals surface area contributed by atoms with E-state index in [0.717, 1.165) is 17.0 Å². The molecule has 0 radical (unpaired) electrons. The first-order chi connectivity index (χ1) is 7.65. The topological polar surface area (TPSA) is 48.1 Å². The van der Waals surface area contributed by atoms with Crippen molar-refractivity contribution >= 4 is 17.3 Å². The summed E-state index contributed by atoms with van der Waals surface area (Å²) in [7, 11) is 0. The van der Waals surface area contributed by atoms with Crippen LogP contribution < -0.4 is 10.5 Å². The molecule has 0 saturated carbocycles. The number of rotatable bonds is 2. The van der Waals surface area contributed by atoms with Crippen LogP contribution >= 0.6 is 11.6 Å². The van der Waals surface area contributed by atoms with Crippen LogP contribution in [0.4, 0.5) is 5.69 Å². The van der Waals surface area contributed by atoms with Crippen molar-refractivity contribution in [2.45, 2.75) is 6.92 Å². The van der Waals surface area contributed by atoms with Crippen LogP contribution in [-0.4, -0.2) is 4.98 Å². The zero-order chi connectivity index (χ0) is 11.5. The molecule has 0 spiro atoms. The van der Waals surface area contributed by atoms with Gasteiger partial charge in [0.25, 0.3) is 0 Å². The minimum Gasteiger partial charge on any atom is -0.456 e. The van der Waals surface area contributed by atoms with Crippen molar-refractivity contribution in [1.29, 1.82) is 0 Å². The number of anilines is 1. The predicted octanol–water partition coefficient (Wildman–Crippen LogP) is 3.42. The number of hydrogen-bond donors (Lipinski definition) is 1. The molecular formula is C12H11ClN2O. The molecule has 0 fully saturated rings. The quantitative estimate of drug-likeness (QED) is 0.810. The summed E-state index contributed by atoms with van der Waals surface area (Å²) in [6, 6.07) is 7.20. The van der Waals surface area contributed by atoms with Crippen molar-refractivity contribution in [3.63, 3.8) is 0 Å². The predicted molar refractivity (Wildman–Crippen MR) is 64.9 cm³/mol. The van der Waals surface area contributed by atoms with Crippen LogP contribution in [0, 0.1) is 6.92 Å². The van der Waals surface area contributed by atoms with Crippen molar-refractivity contribution in [1.82, 2.24) is 4.98 Å². The van der Waals surface area contributed by atoms with Crippen molar-refractivity contribution in [2.75, 3.05) is 5.73 Å². The lowest BCUT2D eigenvalue weighted by atomic mass is 10.2. The molecular weight excluding hydrogens is 224 g/mol. The molecule has 16 heavy (non-hydrogen) atoms. The second kappa shape index (κ2) is 4.41. The second-order valence-corrected chi connectivity index (χ2v) is 3.90. The monoisotopic (exact) mass is 234 g/mol. The number of benzene rings is 1. The summed E-state index contributed by atoms with van der Waals surface area (Å²) in [5.41, 5.74) is 7.44. The Labute approximate surface area is 98.8 Å². The number of nitrogen functional groups attached to an aromatic ring is 1. The van der Waals surface area contributed by atoms with E-state index in [1.807, 2.05) is 25.1 Å². The smallest absolute Gasteiger partial charge is 0.147 e. The second-order valence-electron chi connectivity index (χ2n) is 3.46. The molecule has 1 heterocycles. The molecule has 0 unspecified atom stereocenters. The van der Waals surface area contributed by atoms with Gasteiger partial charge < -0.3 is 10.5 Å². The van der Waals surface area contributed by atoms with E-state index in [9.17, 15) is 0 Å². The zero-order valence-corrected chi connectivity index (χ0v) is 9.53. The van der Waals surface area contributed by atoms with Crippen LogP contribution in [-0.2, 0) is 0 Å². The zero-order valence-electron chi connectivity index (χ0n) is 8.77. The first-order valence-electron chi connectivity index (χ1n) is 4.80. The number of ether oxygens (including phenoxy) is 1. The van der Waals surface area contributed by atoms with E-state index < -0.39 is 0 Å².